The Balaban J connectivity index is 3.16. The predicted molar refractivity (Wildman–Crippen MR) is 51.6 cm³/mol. The molecule has 10 heavy (non-hydrogen) atoms. The van der Waals surface area contributed by atoms with Crippen molar-refractivity contribution >= 4 is 11.8 Å². The lowest BCUT2D eigenvalue weighted by Crippen LogP contribution is -1.98. The number of thioether (sulfide) groups is 1. The number of unbranched alkanes of at least 4 members (excludes halogenated alkanes) is 1. The molecule has 0 aliphatic heterocycles. The van der Waals surface area contributed by atoms with E-state index in [9.17, 15) is 0 Å². The van der Waals surface area contributed by atoms with Gasteiger partial charge in [-0.2, -0.15) is 11.8 Å². The van der Waals surface area contributed by atoms with E-state index in [4.69, 9.17) is 0 Å². The van der Waals surface area contributed by atoms with Crippen LogP contribution in [-0.2, 0) is 0 Å². The van der Waals surface area contributed by atoms with Crippen LogP contribution in [0.3, 0.4) is 0 Å². The van der Waals surface area contributed by atoms with Gasteiger partial charge in [0.1, 0.15) is 0 Å². The predicted octanol–water partition coefficient (Wildman–Crippen LogP) is 3.48. The molecular formula is C9H18S. The topological polar surface area (TPSA) is 0 Å². The van der Waals surface area contributed by atoms with E-state index in [2.05, 4.69) is 19.8 Å². The van der Waals surface area contributed by atoms with Gasteiger partial charge in [-0.05, 0) is 31.9 Å². The molecule has 1 atom stereocenters. The molecule has 0 aromatic carbocycles. The summed E-state index contributed by atoms with van der Waals surface area (Å²) in [7, 11) is 0. The third-order valence-corrected chi connectivity index (χ3v) is 2.96. The highest BCUT2D eigenvalue weighted by atomic mass is 32.2. The first-order valence-electron chi connectivity index (χ1n) is 3.98. The third-order valence-electron chi connectivity index (χ3n) is 1.72. The summed E-state index contributed by atoms with van der Waals surface area (Å²) in [6.07, 6.45) is 9.34. The van der Waals surface area contributed by atoms with E-state index in [0.29, 0.717) is 0 Å². The van der Waals surface area contributed by atoms with Crippen LogP contribution in [0.25, 0.3) is 0 Å². The van der Waals surface area contributed by atoms with Gasteiger partial charge in [-0.15, -0.1) is 6.58 Å². The van der Waals surface area contributed by atoms with E-state index in [0.717, 1.165) is 5.25 Å². The summed E-state index contributed by atoms with van der Waals surface area (Å²) in [5.74, 6) is 0. The first kappa shape index (κ1) is 10.1. The summed E-state index contributed by atoms with van der Waals surface area (Å²) >= 11 is 1.99. The van der Waals surface area contributed by atoms with Crippen LogP contribution < -0.4 is 0 Å². The van der Waals surface area contributed by atoms with Gasteiger partial charge in [0.05, 0.1) is 0 Å². The minimum absolute atomic E-state index is 0.875. The van der Waals surface area contributed by atoms with Crippen LogP contribution in [-0.4, -0.2) is 11.5 Å². The zero-order valence-electron chi connectivity index (χ0n) is 7.10. The normalized spacial score (nSPS) is 13.0. The van der Waals surface area contributed by atoms with Crippen molar-refractivity contribution < 1.29 is 0 Å². The second-order valence-corrected chi connectivity index (χ2v) is 3.62. The molecule has 0 saturated heterocycles. The van der Waals surface area contributed by atoms with Gasteiger partial charge in [0, 0.05) is 5.25 Å². The van der Waals surface area contributed by atoms with E-state index in [-0.39, 0.29) is 0 Å². The highest BCUT2D eigenvalue weighted by Gasteiger charge is 2.01. The molecular weight excluding hydrogens is 140 g/mol. The largest absolute Gasteiger partial charge is 0.162 e. The Morgan fingerprint density at radius 1 is 1.60 bits per heavy atom. The Kier molecular flexibility index (Phi) is 7.26. The molecule has 0 spiro atoms. The Bertz CT molecular complexity index is 74.8. The van der Waals surface area contributed by atoms with Crippen molar-refractivity contribution in [1.82, 2.24) is 0 Å². The maximum absolute atomic E-state index is 3.70. The van der Waals surface area contributed by atoms with Crippen LogP contribution in [0.1, 0.15) is 32.6 Å². The number of allylic oxidation sites excluding steroid dienone is 1. The van der Waals surface area contributed by atoms with E-state index in [1.54, 1.807) is 0 Å². The zero-order valence-corrected chi connectivity index (χ0v) is 7.91. The fourth-order valence-corrected chi connectivity index (χ4v) is 1.71. The zero-order chi connectivity index (χ0) is 7.82. The van der Waals surface area contributed by atoms with Gasteiger partial charge in [0.25, 0.3) is 0 Å². The lowest BCUT2D eigenvalue weighted by atomic mass is 10.1. The van der Waals surface area contributed by atoms with Crippen LogP contribution in [0.2, 0.25) is 0 Å². The summed E-state index contributed by atoms with van der Waals surface area (Å²) < 4.78 is 0. The monoisotopic (exact) mass is 158 g/mol. The molecule has 0 amide bonds. The molecule has 0 nitrogen and oxygen atoms in total. The Hall–Kier alpha value is 0.0900. The van der Waals surface area contributed by atoms with E-state index in [1.807, 2.05) is 17.8 Å². The first-order valence-corrected chi connectivity index (χ1v) is 5.27. The molecule has 0 aromatic rings. The minimum atomic E-state index is 0.875. The molecule has 0 aromatic heterocycles. The van der Waals surface area contributed by atoms with Crippen LogP contribution in [0, 0.1) is 0 Å². The summed E-state index contributed by atoms with van der Waals surface area (Å²) in [5, 5.41) is 0.875. The molecule has 0 fully saturated rings. The van der Waals surface area contributed by atoms with Crippen LogP contribution in [0.5, 0.6) is 0 Å². The molecule has 0 radical (unpaired) electrons. The van der Waals surface area contributed by atoms with E-state index < -0.39 is 0 Å². The van der Waals surface area contributed by atoms with Crippen molar-refractivity contribution in [3.8, 4) is 0 Å². The SMILES string of the molecule is C=CCCCC(CC)SC. The molecule has 60 valence electrons. The van der Waals surface area contributed by atoms with Crippen molar-refractivity contribution in [2.75, 3.05) is 6.26 Å². The Labute approximate surface area is 69.1 Å². The van der Waals surface area contributed by atoms with Crippen LogP contribution >= 0.6 is 11.8 Å². The van der Waals surface area contributed by atoms with Gasteiger partial charge in [-0.1, -0.05) is 13.0 Å². The molecule has 0 rings (SSSR count). The van der Waals surface area contributed by atoms with Gasteiger partial charge < -0.3 is 0 Å². The summed E-state index contributed by atoms with van der Waals surface area (Å²) in [4.78, 5) is 0. The average molecular weight is 158 g/mol. The fraction of sp³-hybridized carbons (Fsp3) is 0.778. The molecule has 0 heterocycles. The molecule has 1 unspecified atom stereocenters. The van der Waals surface area contributed by atoms with Crippen molar-refractivity contribution in [2.45, 2.75) is 37.9 Å². The molecule has 1 heteroatoms. The van der Waals surface area contributed by atoms with Crippen LogP contribution in [0.15, 0.2) is 12.7 Å². The highest BCUT2D eigenvalue weighted by molar-refractivity contribution is 7.99. The second kappa shape index (κ2) is 7.20. The summed E-state index contributed by atoms with van der Waals surface area (Å²) in [6, 6.07) is 0. The molecule has 0 aliphatic rings. The molecule has 0 bridgehead atoms. The Morgan fingerprint density at radius 2 is 2.30 bits per heavy atom. The van der Waals surface area contributed by atoms with Gasteiger partial charge >= 0.3 is 0 Å². The molecule has 0 aliphatic carbocycles. The van der Waals surface area contributed by atoms with Gasteiger partial charge in [-0.3, -0.25) is 0 Å². The number of rotatable bonds is 6. The summed E-state index contributed by atoms with van der Waals surface area (Å²) in [5.41, 5.74) is 0. The highest BCUT2D eigenvalue weighted by Crippen LogP contribution is 2.17. The van der Waals surface area contributed by atoms with Crippen molar-refractivity contribution in [3.05, 3.63) is 12.7 Å². The smallest absolute Gasteiger partial charge is 0.00417 e. The third kappa shape index (κ3) is 4.92. The quantitative estimate of drug-likeness (QED) is 0.421. The van der Waals surface area contributed by atoms with Crippen LogP contribution in [0.4, 0.5) is 0 Å². The van der Waals surface area contributed by atoms with Gasteiger partial charge in [-0.25, -0.2) is 0 Å². The average Bonchev–Trinajstić information content (AvgIpc) is 1.99. The fourth-order valence-electron chi connectivity index (χ4n) is 0.979. The standard InChI is InChI=1S/C9H18S/c1-4-6-7-8-9(5-2)10-3/h4,9H,1,5-8H2,2-3H3. The number of hydrogen-bond acceptors (Lipinski definition) is 1. The maximum atomic E-state index is 3.70. The first-order chi connectivity index (χ1) is 4.85. The minimum Gasteiger partial charge on any atom is -0.162 e. The van der Waals surface area contributed by atoms with E-state index >= 15 is 0 Å². The lowest BCUT2D eigenvalue weighted by molar-refractivity contribution is 0.691. The van der Waals surface area contributed by atoms with E-state index in [1.165, 1.54) is 25.7 Å². The van der Waals surface area contributed by atoms with Gasteiger partial charge in [0.2, 0.25) is 0 Å². The second-order valence-electron chi connectivity index (χ2n) is 2.49. The van der Waals surface area contributed by atoms with Gasteiger partial charge in [0.15, 0.2) is 0 Å². The molecule has 0 N–H and O–H groups in total. The maximum Gasteiger partial charge on any atom is 0.00417 e. The number of hydrogen-bond donors (Lipinski definition) is 0. The summed E-state index contributed by atoms with van der Waals surface area (Å²) in [6.45, 7) is 5.96. The lowest BCUT2D eigenvalue weighted by Gasteiger charge is -2.09. The van der Waals surface area contributed by atoms with Crippen molar-refractivity contribution in [1.29, 1.82) is 0 Å². The molecule has 0 saturated carbocycles. The van der Waals surface area contributed by atoms with Crippen molar-refractivity contribution in [2.24, 2.45) is 0 Å². The Morgan fingerprint density at radius 3 is 2.70 bits per heavy atom. The van der Waals surface area contributed by atoms with Crippen molar-refractivity contribution in [3.63, 3.8) is 0 Å².